The van der Waals surface area contributed by atoms with Gasteiger partial charge in [0, 0.05) is 30.4 Å². The average molecular weight is 636 g/mol. The van der Waals surface area contributed by atoms with Crippen LogP contribution in [0.1, 0.15) is 30.5 Å². The van der Waals surface area contributed by atoms with Crippen molar-refractivity contribution >= 4 is 35.3 Å². The number of carbonyl (C=O) groups is 3. The molecule has 3 atom stereocenters. The molecule has 2 saturated heterocycles. The highest BCUT2D eigenvalue weighted by Crippen LogP contribution is 2.40. The van der Waals surface area contributed by atoms with Crippen LogP contribution in [0.5, 0.6) is 0 Å². The van der Waals surface area contributed by atoms with Gasteiger partial charge in [0.05, 0.1) is 18.8 Å². The molecule has 4 amide bonds. The van der Waals surface area contributed by atoms with E-state index < -0.39 is 24.1 Å². The lowest BCUT2D eigenvalue weighted by molar-refractivity contribution is -0.158. The van der Waals surface area contributed by atoms with Crippen molar-refractivity contribution in [2.24, 2.45) is 5.73 Å². The predicted molar refractivity (Wildman–Crippen MR) is 166 cm³/mol. The van der Waals surface area contributed by atoms with E-state index in [2.05, 4.69) is 10.6 Å². The lowest BCUT2D eigenvalue weighted by atomic mass is 9.99. The molecule has 10 nitrogen and oxygen atoms in total. The SMILES string of the molecule is CC(C)N(C(=O)NCc1ccc(F)cc1)N1CC(=O)N2[C@@H](Cc3ccc(F)cc3)C(=O)N(Cc3cccc4c3NC(N)S4)C[C@@H]21. The molecule has 0 saturated carbocycles. The number of piperazine rings is 1. The van der Waals surface area contributed by atoms with E-state index in [1.165, 1.54) is 41.0 Å². The maximum Gasteiger partial charge on any atom is 0.332 e. The third kappa shape index (κ3) is 6.33. The molecule has 2 fully saturated rings. The lowest BCUT2D eigenvalue weighted by Gasteiger charge is -2.47. The standard InChI is InChI=1S/C32H35F2N7O3S/c1-19(2)41(32(44)36-15-21-8-12-24(34)13-9-21)39-18-28(42)40-25(14-20-6-10-23(33)11-7-20)30(43)38(17-27(39)40)16-22-4-3-5-26-29(22)37-31(35)45-26/h3-13,19,25,27,31,37H,14-18,35H2,1-2H3,(H,36,44)/t25-,27+,31?/m0/s1. The van der Waals surface area contributed by atoms with E-state index in [1.54, 1.807) is 39.1 Å². The number of halogens is 2. The number of nitrogens with zero attached hydrogens (tertiary/aromatic N) is 4. The zero-order valence-corrected chi connectivity index (χ0v) is 25.8. The maximum atomic E-state index is 14.2. The number of hydrogen-bond acceptors (Lipinski definition) is 7. The summed E-state index contributed by atoms with van der Waals surface area (Å²) in [6, 6.07) is 16.0. The number of fused-ring (bicyclic) bond motifs is 2. The van der Waals surface area contributed by atoms with E-state index in [0.717, 1.165) is 21.7 Å². The van der Waals surface area contributed by atoms with Crippen LogP contribution in [0.15, 0.2) is 71.6 Å². The largest absolute Gasteiger partial charge is 0.360 e. The van der Waals surface area contributed by atoms with E-state index in [4.69, 9.17) is 5.73 Å². The molecule has 3 heterocycles. The summed E-state index contributed by atoms with van der Waals surface area (Å²) in [5.41, 5.74) is 9.04. The third-order valence-electron chi connectivity index (χ3n) is 8.25. The summed E-state index contributed by atoms with van der Waals surface area (Å²) < 4.78 is 27.1. The first-order valence-corrected chi connectivity index (χ1v) is 15.7. The van der Waals surface area contributed by atoms with Crippen LogP contribution in [-0.4, -0.2) is 74.5 Å². The molecule has 0 bridgehead atoms. The minimum absolute atomic E-state index is 0.0956. The third-order valence-corrected chi connectivity index (χ3v) is 9.22. The molecule has 6 rings (SSSR count). The zero-order chi connectivity index (χ0) is 31.8. The molecule has 0 aromatic heterocycles. The van der Waals surface area contributed by atoms with Gasteiger partial charge in [-0.15, -0.1) is 0 Å². The highest BCUT2D eigenvalue weighted by Gasteiger charge is 2.52. The molecule has 4 N–H and O–H groups in total. The van der Waals surface area contributed by atoms with E-state index in [0.29, 0.717) is 5.56 Å². The van der Waals surface area contributed by atoms with Crippen LogP contribution in [0, 0.1) is 11.6 Å². The quantitative estimate of drug-likeness (QED) is 0.346. The number of carbonyl (C=O) groups excluding carboxylic acids is 3. The topological polar surface area (TPSA) is 114 Å². The monoisotopic (exact) mass is 635 g/mol. The van der Waals surface area contributed by atoms with Gasteiger partial charge >= 0.3 is 6.03 Å². The molecule has 13 heteroatoms. The molecule has 3 aliphatic heterocycles. The van der Waals surface area contributed by atoms with Gasteiger partial charge < -0.3 is 26.2 Å². The summed E-state index contributed by atoms with van der Waals surface area (Å²) in [7, 11) is 0. The van der Waals surface area contributed by atoms with E-state index in [1.807, 2.05) is 32.0 Å². The van der Waals surface area contributed by atoms with Gasteiger partial charge in [-0.2, -0.15) is 5.01 Å². The number of nitrogens with one attached hydrogen (secondary N) is 2. The zero-order valence-electron chi connectivity index (χ0n) is 25.0. The second kappa shape index (κ2) is 12.7. The van der Waals surface area contributed by atoms with Gasteiger partial charge in [0.2, 0.25) is 11.8 Å². The Hall–Kier alpha value is -4.20. The van der Waals surface area contributed by atoms with Crippen molar-refractivity contribution < 1.29 is 23.2 Å². The van der Waals surface area contributed by atoms with Crippen molar-refractivity contribution in [1.82, 2.24) is 25.1 Å². The number of hydrazine groups is 1. The van der Waals surface area contributed by atoms with Gasteiger partial charge in [0.15, 0.2) is 0 Å². The lowest BCUT2D eigenvalue weighted by Crippen LogP contribution is -2.66. The summed E-state index contributed by atoms with van der Waals surface area (Å²) in [6.07, 6.45) is -0.434. The molecule has 3 aromatic carbocycles. The Kier molecular flexibility index (Phi) is 8.67. The minimum Gasteiger partial charge on any atom is -0.360 e. The molecule has 236 valence electrons. The average Bonchev–Trinajstić information content (AvgIpc) is 3.54. The van der Waals surface area contributed by atoms with Gasteiger partial charge in [-0.3, -0.25) is 14.6 Å². The van der Waals surface area contributed by atoms with Crippen LogP contribution in [0.25, 0.3) is 0 Å². The molecule has 0 radical (unpaired) electrons. The molecular formula is C32H35F2N7O3S. The van der Waals surface area contributed by atoms with Crippen molar-refractivity contribution in [3.8, 4) is 0 Å². The summed E-state index contributed by atoms with van der Waals surface area (Å²) in [5, 5.41) is 9.41. The number of urea groups is 1. The fourth-order valence-electron chi connectivity index (χ4n) is 6.20. The molecule has 0 spiro atoms. The summed E-state index contributed by atoms with van der Waals surface area (Å²) in [5.74, 6) is -1.26. The Balaban J connectivity index is 1.30. The smallest absolute Gasteiger partial charge is 0.332 e. The van der Waals surface area contributed by atoms with Gasteiger partial charge in [-0.25, -0.2) is 13.6 Å². The van der Waals surface area contributed by atoms with Crippen LogP contribution in [0.4, 0.5) is 19.3 Å². The van der Waals surface area contributed by atoms with Crippen LogP contribution in [0.2, 0.25) is 0 Å². The maximum absolute atomic E-state index is 14.2. The number of anilines is 1. The van der Waals surface area contributed by atoms with Crippen molar-refractivity contribution in [2.75, 3.05) is 18.4 Å². The van der Waals surface area contributed by atoms with Gasteiger partial charge in [-0.1, -0.05) is 48.2 Å². The molecule has 3 aromatic rings. The van der Waals surface area contributed by atoms with Crippen molar-refractivity contribution in [1.29, 1.82) is 0 Å². The van der Waals surface area contributed by atoms with Crippen molar-refractivity contribution in [3.63, 3.8) is 0 Å². The number of rotatable bonds is 8. The Bertz CT molecular complexity index is 1590. The number of thioether (sulfide) groups is 1. The van der Waals surface area contributed by atoms with Gasteiger partial charge in [0.25, 0.3) is 0 Å². The molecular weight excluding hydrogens is 600 g/mol. The van der Waals surface area contributed by atoms with Crippen LogP contribution in [0.3, 0.4) is 0 Å². The summed E-state index contributed by atoms with van der Waals surface area (Å²) in [4.78, 5) is 45.7. The first kappa shape index (κ1) is 30.8. The number of amides is 4. The Morgan fingerprint density at radius 2 is 1.71 bits per heavy atom. The first-order chi connectivity index (χ1) is 21.6. The predicted octanol–water partition coefficient (Wildman–Crippen LogP) is 3.68. The normalized spacial score (nSPS) is 21.2. The second-order valence-electron chi connectivity index (χ2n) is 11.6. The van der Waals surface area contributed by atoms with Crippen LogP contribution in [-0.2, 0) is 29.1 Å². The van der Waals surface area contributed by atoms with E-state index in [9.17, 15) is 23.2 Å². The van der Waals surface area contributed by atoms with Crippen LogP contribution >= 0.6 is 11.8 Å². The second-order valence-corrected chi connectivity index (χ2v) is 12.8. The fourth-order valence-corrected chi connectivity index (χ4v) is 7.12. The molecule has 3 aliphatic rings. The summed E-state index contributed by atoms with van der Waals surface area (Å²) in [6.45, 7) is 4.22. The Morgan fingerprint density at radius 3 is 2.38 bits per heavy atom. The molecule has 45 heavy (non-hydrogen) atoms. The highest BCUT2D eigenvalue weighted by molar-refractivity contribution is 8.00. The number of nitrogens with two attached hydrogens (primary N) is 1. The molecule has 1 unspecified atom stereocenters. The number of benzene rings is 3. The number of para-hydroxylation sites is 1. The van der Waals surface area contributed by atoms with Gasteiger partial charge in [0.1, 0.15) is 29.3 Å². The Morgan fingerprint density at radius 1 is 1.04 bits per heavy atom. The fraction of sp³-hybridized carbons (Fsp3) is 0.344. The minimum atomic E-state index is -0.857. The van der Waals surface area contributed by atoms with Crippen LogP contribution < -0.4 is 16.4 Å². The van der Waals surface area contributed by atoms with Gasteiger partial charge in [-0.05, 0) is 60.9 Å². The van der Waals surface area contributed by atoms with Crippen molar-refractivity contribution in [2.45, 2.75) is 62.0 Å². The summed E-state index contributed by atoms with van der Waals surface area (Å²) >= 11 is 1.50. The molecule has 0 aliphatic carbocycles. The Labute approximate surface area is 264 Å². The van der Waals surface area contributed by atoms with Crippen molar-refractivity contribution in [3.05, 3.63) is 95.1 Å². The van der Waals surface area contributed by atoms with E-state index in [-0.39, 0.29) is 61.8 Å². The van der Waals surface area contributed by atoms with E-state index >= 15 is 0 Å². The number of hydrogen-bond donors (Lipinski definition) is 3. The highest BCUT2D eigenvalue weighted by atomic mass is 32.2. The first-order valence-electron chi connectivity index (χ1n) is 14.8.